The maximum atomic E-state index is 13.0. The van der Waals surface area contributed by atoms with Gasteiger partial charge in [0.05, 0.1) is 11.4 Å². The molecule has 1 aliphatic heterocycles. The summed E-state index contributed by atoms with van der Waals surface area (Å²) in [5, 5.41) is 6.43. The van der Waals surface area contributed by atoms with Crippen LogP contribution in [0.4, 0.5) is 0 Å². The van der Waals surface area contributed by atoms with E-state index >= 15 is 0 Å². The highest BCUT2D eigenvalue weighted by Gasteiger charge is 2.54. The van der Waals surface area contributed by atoms with Gasteiger partial charge in [-0.25, -0.2) is 14.6 Å². The van der Waals surface area contributed by atoms with E-state index in [0.29, 0.717) is 5.25 Å². The quantitative estimate of drug-likeness (QED) is 0.228. The molecule has 1 aliphatic carbocycles. The van der Waals surface area contributed by atoms with E-state index < -0.39 is 0 Å². The van der Waals surface area contributed by atoms with Gasteiger partial charge in [-0.2, -0.15) is 5.10 Å². The Labute approximate surface area is 245 Å². The van der Waals surface area contributed by atoms with Crippen molar-refractivity contribution in [3.63, 3.8) is 0 Å². The van der Waals surface area contributed by atoms with Crippen LogP contribution in [0, 0.1) is 5.41 Å². The van der Waals surface area contributed by atoms with E-state index in [4.69, 9.17) is 9.84 Å². The molecule has 0 N–H and O–H groups in total. The van der Waals surface area contributed by atoms with Crippen LogP contribution in [0.1, 0.15) is 32.7 Å². The largest absolute Gasteiger partial charge is 0.457 e. The second-order valence-electron chi connectivity index (χ2n) is 11.8. The fourth-order valence-electron chi connectivity index (χ4n) is 5.91. The second kappa shape index (κ2) is 11.3. The Balaban J connectivity index is 1.13. The number of likely N-dealkylation sites (N-methyl/N-ethyl adjacent to an activating group) is 1. The fraction of sp³-hybridized carbons (Fsp3) is 0.375. The number of benzene rings is 2. The van der Waals surface area contributed by atoms with Crippen molar-refractivity contribution < 1.29 is 9.53 Å². The molecule has 0 unspecified atom stereocenters. The second-order valence-corrected chi connectivity index (χ2v) is 13.5. The first-order chi connectivity index (χ1) is 19.8. The summed E-state index contributed by atoms with van der Waals surface area (Å²) in [7, 11) is 4.08. The van der Waals surface area contributed by atoms with Crippen LogP contribution in [0.3, 0.4) is 0 Å². The van der Waals surface area contributed by atoms with Crippen LogP contribution in [0.2, 0.25) is 0 Å². The number of thioether (sulfide) groups is 1. The lowest BCUT2D eigenvalue weighted by atomic mass is 9.60. The summed E-state index contributed by atoms with van der Waals surface area (Å²) < 4.78 is 8.04. The number of hydrogen-bond acceptors (Lipinski definition) is 7. The number of para-hydroxylation sites is 1. The molecule has 0 bridgehead atoms. The summed E-state index contributed by atoms with van der Waals surface area (Å²) in [6.45, 7) is 6.73. The lowest BCUT2D eigenvalue weighted by Crippen LogP contribution is -2.63. The lowest BCUT2D eigenvalue weighted by molar-refractivity contribution is -0.148. The first-order valence-electron chi connectivity index (χ1n) is 14.1. The molecular formula is C32H36N6O2S. The number of carbonyl (C=O) groups excluding carboxylic acids is 1. The Hall–Kier alpha value is -3.69. The van der Waals surface area contributed by atoms with E-state index in [9.17, 15) is 4.79 Å². The van der Waals surface area contributed by atoms with Gasteiger partial charge in [-0.05, 0) is 63.3 Å². The zero-order valence-electron chi connectivity index (χ0n) is 24.0. The van der Waals surface area contributed by atoms with Gasteiger partial charge < -0.3 is 14.5 Å². The summed E-state index contributed by atoms with van der Waals surface area (Å²) in [5.74, 6) is 1.71. The molecule has 3 heterocycles. The van der Waals surface area contributed by atoms with Crippen LogP contribution in [0.25, 0.3) is 22.3 Å². The number of likely N-dealkylation sites (tertiary alicyclic amines) is 1. The van der Waals surface area contributed by atoms with Crippen molar-refractivity contribution in [1.29, 1.82) is 0 Å². The van der Waals surface area contributed by atoms with Crippen molar-refractivity contribution in [2.45, 2.75) is 38.0 Å². The molecule has 41 heavy (non-hydrogen) atoms. The number of ether oxygens (including phenoxy) is 1. The van der Waals surface area contributed by atoms with Crippen LogP contribution in [0.15, 0.2) is 78.1 Å². The van der Waals surface area contributed by atoms with E-state index in [1.54, 1.807) is 18.1 Å². The Bertz CT molecular complexity index is 1540. The van der Waals surface area contributed by atoms with Crippen LogP contribution >= 0.6 is 11.8 Å². The summed E-state index contributed by atoms with van der Waals surface area (Å²) in [6.07, 6.45) is 7.27. The van der Waals surface area contributed by atoms with Crippen LogP contribution in [-0.2, 0) is 4.79 Å². The number of fused-ring (bicyclic) bond motifs is 1. The Morgan fingerprint density at radius 2 is 1.80 bits per heavy atom. The molecule has 0 atom stereocenters. The zero-order chi connectivity index (χ0) is 28.6. The van der Waals surface area contributed by atoms with E-state index in [0.717, 1.165) is 71.2 Å². The highest BCUT2D eigenvalue weighted by Crippen LogP contribution is 2.54. The van der Waals surface area contributed by atoms with Gasteiger partial charge in [0, 0.05) is 53.0 Å². The molecule has 2 aromatic carbocycles. The minimum absolute atomic E-state index is 0.128. The highest BCUT2D eigenvalue weighted by molar-refractivity contribution is 8.03. The summed E-state index contributed by atoms with van der Waals surface area (Å²) in [4.78, 5) is 27.1. The van der Waals surface area contributed by atoms with Gasteiger partial charge >= 0.3 is 0 Å². The van der Waals surface area contributed by atoms with Crippen molar-refractivity contribution in [2.75, 3.05) is 33.7 Å². The first kappa shape index (κ1) is 27.5. The van der Waals surface area contributed by atoms with Crippen LogP contribution in [-0.4, -0.2) is 74.4 Å². The monoisotopic (exact) mass is 568 g/mol. The molecule has 2 fully saturated rings. The maximum absolute atomic E-state index is 13.0. The molecule has 9 heteroatoms. The number of nitrogens with zero attached hydrogens (tertiary/aromatic N) is 6. The lowest BCUT2D eigenvalue weighted by Gasteiger charge is -2.58. The van der Waals surface area contributed by atoms with Gasteiger partial charge in [-0.1, -0.05) is 32.0 Å². The third-order valence-electron chi connectivity index (χ3n) is 7.67. The molecule has 8 nitrogen and oxygen atoms in total. The van der Waals surface area contributed by atoms with Crippen LogP contribution < -0.4 is 4.74 Å². The standard InChI is InChI=1S/C32H36N6O2S/c1-22(2)41-27(18-36(3)4)14-29(39)37-19-32(20-37)15-24(16-32)38-31-28(17-33-21-34-31)30(35-38)23-10-12-26(13-11-23)40-25-8-6-5-7-9-25/h5-14,17,21-22,24H,15-16,18-20H2,1-4H3/b27-14-. The topological polar surface area (TPSA) is 76.4 Å². The molecule has 6 rings (SSSR count). The Morgan fingerprint density at radius 1 is 1.10 bits per heavy atom. The van der Waals surface area contributed by atoms with Crippen molar-refractivity contribution in [2.24, 2.45) is 5.41 Å². The minimum atomic E-state index is 0.128. The molecule has 1 saturated carbocycles. The number of aromatic nitrogens is 4. The molecule has 1 amide bonds. The third kappa shape index (κ3) is 5.87. The van der Waals surface area contributed by atoms with E-state index in [2.05, 4.69) is 33.4 Å². The van der Waals surface area contributed by atoms with Crippen molar-refractivity contribution >= 4 is 28.7 Å². The Kier molecular flexibility index (Phi) is 7.57. The van der Waals surface area contributed by atoms with E-state index in [1.807, 2.05) is 85.9 Å². The smallest absolute Gasteiger partial charge is 0.247 e. The van der Waals surface area contributed by atoms with Gasteiger partial charge in [0.25, 0.3) is 0 Å². The average Bonchev–Trinajstić information content (AvgIpc) is 3.27. The molecule has 2 aromatic heterocycles. The first-order valence-corrected chi connectivity index (χ1v) is 15.0. The third-order valence-corrected chi connectivity index (χ3v) is 8.69. The molecule has 2 aliphatic rings. The predicted octanol–water partition coefficient (Wildman–Crippen LogP) is 6.04. The van der Waals surface area contributed by atoms with Gasteiger partial charge in [0.2, 0.25) is 5.91 Å². The minimum Gasteiger partial charge on any atom is -0.457 e. The summed E-state index contributed by atoms with van der Waals surface area (Å²) in [6, 6.07) is 18.0. The zero-order valence-corrected chi connectivity index (χ0v) is 24.8. The van der Waals surface area contributed by atoms with Gasteiger partial charge in [-0.15, -0.1) is 11.8 Å². The number of amides is 1. The predicted molar refractivity (Wildman–Crippen MR) is 164 cm³/mol. The summed E-state index contributed by atoms with van der Waals surface area (Å²) in [5.41, 5.74) is 2.91. The van der Waals surface area contributed by atoms with E-state index in [-0.39, 0.29) is 17.4 Å². The molecule has 1 saturated heterocycles. The van der Waals surface area contributed by atoms with E-state index in [1.165, 1.54) is 0 Å². The van der Waals surface area contributed by atoms with Gasteiger partial charge in [0.15, 0.2) is 5.65 Å². The number of hydrogen-bond donors (Lipinski definition) is 0. The number of rotatable bonds is 9. The maximum Gasteiger partial charge on any atom is 0.247 e. The van der Waals surface area contributed by atoms with Crippen molar-refractivity contribution in [1.82, 2.24) is 29.5 Å². The normalized spacial score (nSPS) is 16.8. The molecule has 4 aromatic rings. The average molecular weight is 569 g/mol. The summed E-state index contributed by atoms with van der Waals surface area (Å²) >= 11 is 1.77. The Morgan fingerprint density at radius 3 is 2.49 bits per heavy atom. The SMILES string of the molecule is CC(C)S/C(=C\C(=O)N1CC2(CC(n3nc(-c4ccc(Oc5ccccc5)cc4)c4cncnc43)C2)C1)CN(C)C. The highest BCUT2D eigenvalue weighted by atomic mass is 32.2. The van der Waals surface area contributed by atoms with Crippen LogP contribution in [0.5, 0.6) is 11.5 Å². The van der Waals surface area contributed by atoms with Gasteiger partial charge in [-0.3, -0.25) is 4.79 Å². The molecule has 1 spiro atoms. The fourth-order valence-corrected chi connectivity index (χ4v) is 7.01. The molecule has 212 valence electrons. The number of carbonyl (C=O) groups is 1. The molecular weight excluding hydrogens is 532 g/mol. The van der Waals surface area contributed by atoms with Gasteiger partial charge in [0.1, 0.15) is 23.5 Å². The molecule has 0 radical (unpaired) electrons. The van der Waals surface area contributed by atoms with Crippen molar-refractivity contribution in [3.8, 4) is 22.8 Å². The van der Waals surface area contributed by atoms with Crippen molar-refractivity contribution in [3.05, 3.63) is 78.1 Å².